The summed E-state index contributed by atoms with van der Waals surface area (Å²) in [5.41, 5.74) is 5.96. The summed E-state index contributed by atoms with van der Waals surface area (Å²) in [5, 5.41) is 0. The topological polar surface area (TPSA) is 35.2 Å². The van der Waals surface area contributed by atoms with Crippen LogP contribution in [0.1, 0.15) is 0 Å². The third-order valence-corrected chi connectivity index (χ3v) is 3.47. The largest absolute Gasteiger partial charge is 0.494 e. The predicted molar refractivity (Wildman–Crippen MR) is 67.9 cm³/mol. The first-order chi connectivity index (χ1) is 8.61. The normalized spacial score (nSPS) is 10.4. The molecule has 94 valence electrons. The van der Waals surface area contributed by atoms with Crippen molar-refractivity contribution in [1.82, 2.24) is 0 Å². The monoisotopic (exact) mass is 267 g/mol. The molecular formula is C13H11F2NOS. The second-order valence-electron chi connectivity index (χ2n) is 3.56. The van der Waals surface area contributed by atoms with Gasteiger partial charge in [-0.3, -0.25) is 0 Å². The number of benzene rings is 2. The van der Waals surface area contributed by atoms with Gasteiger partial charge in [0.1, 0.15) is 5.82 Å². The fraction of sp³-hybridized carbons (Fsp3) is 0.0769. The second kappa shape index (κ2) is 5.27. The zero-order chi connectivity index (χ0) is 13.1. The summed E-state index contributed by atoms with van der Waals surface area (Å²) in [5.74, 6) is -0.791. The summed E-state index contributed by atoms with van der Waals surface area (Å²) in [6, 6.07) is 8.95. The van der Waals surface area contributed by atoms with Crippen molar-refractivity contribution in [1.29, 1.82) is 0 Å². The zero-order valence-corrected chi connectivity index (χ0v) is 10.4. The molecule has 5 heteroatoms. The molecule has 0 bridgehead atoms. The van der Waals surface area contributed by atoms with Crippen LogP contribution in [0.4, 0.5) is 14.5 Å². The number of anilines is 1. The van der Waals surface area contributed by atoms with Gasteiger partial charge in [0, 0.05) is 21.5 Å². The molecular weight excluding hydrogens is 256 g/mol. The molecule has 0 unspecified atom stereocenters. The van der Waals surface area contributed by atoms with Gasteiger partial charge in [-0.15, -0.1) is 0 Å². The first-order valence-corrected chi connectivity index (χ1v) is 5.99. The average Bonchev–Trinajstić information content (AvgIpc) is 2.35. The lowest BCUT2D eigenvalue weighted by molar-refractivity contribution is 0.385. The van der Waals surface area contributed by atoms with Gasteiger partial charge in [0.15, 0.2) is 11.6 Å². The molecule has 2 nitrogen and oxygen atoms in total. The quantitative estimate of drug-likeness (QED) is 0.861. The number of methoxy groups -OCH3 is 1. The SMILES string of the molecule is COc1cc(Sc2ccccc2F)c(N)cc1F. The molecule has 2 rings (SSSR count). The van der Waals surface area contributed by atoms with E-state index in [0.717, 1.165) is 11.8 Å². The molecule has 0 aliphatic carbocycles. The second-order valence-corrected chi connectivity index (χ2v) is 4.64. The van der Waals surface area contributed by atoms with Gasteiger partial charge in [0.25, 0.3) is 0 Å². The first-order valence-electron chi connectivity index (χ1n) is 5.17. The Labute approximate surface area is 108 Å². The molecule has 0 amide bonds. The molecule has 2 aromatic rings. The molecule has 0 saturated heterocycles. The zero-order valence-electron chi connectivity index (χ0n) is 9.61. The molecule has 2 N–H and O–H groups in total. The van der Waals surface area contributed by atoms with Crippen molar-refractivity contribution in [3.63, 3.8) is 0 Å². The molecule has 0 aromatic heterocycles. The number of rotatable bonds is 3. The van der Waals surface area contributed by atoms with Crippen molar-refractivity contribution < 1.29 is 13.5 Å². The number of halogens is 2. The van der Waals surface area contributed by atoms with E-state index in [0.29, 0.717) is 9.79 Å². The Balaban J connectivity index is 2.38. The molecule has 0 fully saturated rings. The minimum absolute atomic E-state index is 0.0861. The number of nitrogens with two attached hydrogens (primary N) is 1. The third-order valence-electron chi connectivity index (χ3n) is 2.34. The van der Waals surface area contributed by atoms with E-state index < -0.39 is 5.82 Å². The van der Waals surface area contributed by atoms with E-state index >= 15 is 0 Å². The lowest BCUT2D eigenvalue weighted by Crippen LogP contribution is -1.94. The summed E-state index contributed by atoms with van der Waals surface area (Å²) in [6.07, 6.45) is 0. The van der Waals surface area contributed by atoms with Gasteiger partial charge >= 0.3 is 0 Å². The van der Waals surface area contributed by atoms with Crippen LogP contribution in [0.5, 0.6) is 5.75 Å². The Morgan fingerprint density at radius 2 is 1.78 bits per heavy atom. The highest BCUT2D eigenvalue weighted by atomic mass is 32.2. The van der Waals surface area contributed by atoms with Crippen LogP contribution in [0.3, 0.4) is 0 Å². The first kappa shape index (κ1) is 12.7. The van der Waals surface area contributed by atoms with E-state index in [1.54, 1.807) is 18.2 Å². The highest BCUT2D eigenvalue weighted by Crippen LogP contribution is 2.36. The number of hydrogen-bond acceptors (Lipinski definition) is 3. The third kappa shape index (κ3) is 2.56. The van der Waals surface area contributed by atoms with Crippen molar-refractivity contribution in [2.24, 2.45) is 0 Å². The van der Waals surface area contributed by atoms with Crippen molar-refractivity contribution in [2.45, 2.75) is 9.79 Å². The Morgan fingerprint density at radius 3 is 2.44 bits per heavy atom. The smallest absolute Gasteiger partial charge is 0.167 e. The van der Waals surface area contributed by atoms with Gasteiger partial charge in [0.2, 0.25) is 0 Å². The van der Waals surface area contributed by atoms with Crippen molar-refractivity contribution in [3.8, 4) is 5.75 Å². The van der Waals surface area contributed by atoms with Gasteiger partial charge in [-0.25, -0.2) is 8.78 Å². The van der Waals surface area contributed by atoms with Gasteiger partial charge in [-0.05, 0) is 18.2 Å². The maximum atomic E-state index is 13.5. The molecule has 18 heavy (non-hydrogen) atoms. The van der Waals surface area contributed by atoms with Crippen LogP contribution < -0.4 is 10.5 Å². The van der Waals surface area contributed by atoms with E-state index in [4.69, 9.17) is 10.5 Å². The Kier molecular flexibility index (Phi) is 3.72. The molecule has 0 atom stereocenters. The number of ether oxygens (including phenoxy) is 1. The van der Waals surface area contributed by atoms with Gasteiger partial charge in [-0.2, -0.15) is 0 Å². The summed E-state index contributed by atoms with van der Waals surface area (Å²) in [7, 11) is 1.37. The molecule has 2 aromatic carbocycles. The van der Waals surface area contributed by atoms with Crippen LogP contribution in [0.15, 0.2) is 46.2 Å². The van der Waals surface area contributed by atoms with E-state index in [1.807, 2.05) is 0 Å². The maximum absolute atomic E-state index is 13.5. The Bertz CT molecular complexity index is 575. The van der Waals surface area contributed by atoms with E-state index in [9.17, 15) is 8.78 Å². The van der Waals surface area contributed by atoms with Crippen LogP contribution in [-0.4, -0.2) is 7.11 Å². The van der Waals surface area contributed by atoms with Crippen molar-refractivity contribution in [2.75, 3.05) is 12.8 Å². The standard InChI is InChI=1S/C13H11F2NOS/c1-17-11-7-13(10(16)6-9(11)15)18-12-5-3-2-4-8(12)14/h2-7H,16H2,1H3. The Hall–Kier alpha value is -1.75. The molecule has 0 heterocycles. The molecule has 0 aliphatic rings. The molecule has 0 spiro atoms. The van der Waals surface area contributed by atoms with Crippen LogP contribution in [-0.2, 0) is 0 Å². The van der Waals surface area contributed by atoms with E-state index in [1.165, 1.54) is 25.3 Å². The minimum Gasteiger partial charge on any atom is -0.494 e. The summed E-state index contributed by atoms with van der Waals surface area (Å²) < 4.78 is 31.7. The highest BCUT2D eigenvalue weighted by molar-refractivity contribution is 7.99. The highest BCUT2D eigenvalue weighted by Gasteiger charge is 2.11. The summed E-state index contributed by atoms with van der Waals surface area (Å²) >= 11 is 1.13. The van der Waals surface area contributed by atoms with Crippen LogP contribution >= 0.6 is 11.8 Å². The van der Waals surface area contributed by atoms with Gasteiger partial charge < -0.3 is 10.5 Å². The summed E-state index contributed by atoms with van der Waals surface area (Å²) in [4.78, 5) is 0.983. The minimum atomic E-state index is -0.534. The number of nitrogen functional groups attached to an aromatic ring is 1. The molecule has 0 aliphatic heterocycles. The fourth-order valence-corrected chi connectivity index (χ4v) is 2.33. The van der Waals surface area contributed by atoms with E-state index in [-0.39, 0.29) is 17.3 Å². The van der Waals surface area contributed by atoms with Crippen LogP contribution in [0, 0.1) is 11.6 Å². The van der Waals surface area contributed by atoms with Crippen molar-refractivity contribution >= 4 is 17.4 Å². The van der Waals surface area contributed by atoms with Crippen molar-refractivity contribution in [3.05, 3.63) is 48.0 Å². The number of hydrogen-bond donors (Lipinski definition) is 1. The van der Waals surface area contributed by atoms with Gasteiger partial charge in [0.05, 0.1) is 7.11 Å². The van der Waals surface area contributed by atoms with E-state index in [2.05, 4.69) is 0 Å². The molecule has 0 radical (unpaired) electrons. The van der Waals surface area contributed by atoms with Crippen LogP contribution in [0.25, 0.3) is 0 Å². The lowest BCUT2D eigenvalue weighted by atomic mass is 10.3. The van der Waals surface area contributed by atoms with Gasteiger partial charge in [-0.1, -0.05) is 23.9 Å². The van der Waals surface area contributed by atoms with Crippen LogP contribution in [0.2, 0.25) is 0 Å². The predicted octanol–water partition coefficient (Wildman–Crippen LogP) is 3.71. The Morgan fingerprint density at radius 1 is 1.06 bits per heavy atom. The fourth-order valence-electron chi connectivity index (χ4n) is 1.44. The average molecular weight is 267 g/mol. The lowest BCUT2D eigenvalue weighted by Gasteiger charge is -2.09. The maximum Gasteiger partial charge on any atom is 0.167 e. The summed E-state index contributed by atoms with van der Waals surface area (Å²) in [6.45, 7) is 0. The molecule has 0 saturated carbocycles.